The molecular weight excluding hydrogens is 600 g/mol. The van der Waals surface area contributed by atoms with Gasteiger partial charge in [-0.1, -0.05) is 133 Å². The summed E-state index contributed by atoms with van der Waals surface area (Å²) in [5, 5.41) is 0. The highest BCUT2D eigenvalue weighted by Gasteiger charge is 2.48. The van der Waals surface area contributed by atoms with Gasteiger partial charge in [0.15, 0.2) is 0 Å². The highest BCUT2D eigenvalue weighted by Crippen LogP contribution is 2.34. The van der Waals surface area contributed by atoms with Gasteiger partial charge in [0.2, 0.25) is 0 Å². The monoisotopic (exact) mass is 644 g/mol. The molecule has 1 aliphatic rings. The maximum atomic E-state index is 6.84. The van der Waals surface area contributed by atoms with E-state index in [2.05, 4.69) is 48.5 Å². The summed E-state index contributed by atoms with van der Waals surface area (Å²) >= 11 is 0. The molecule has 0 radical (unpaired) electrons. The highest BCUT2D eigenvalue weighted by atomic mass is 16.6. The minimum absolute atomic E-state index is 0.313. The Balaban J connectivity index is 1.31. The second kappa shape index (κ2) is 17.7. The lowest BCUT2D eigenvalue weighted by molar-refractivity contribution is -0.250. The fraction of sp³-hybridized carbons (Fsp3) is 0.286. The third kappa shape index (κ3) is 9.63. The predicted octanol–water partition coefficient (Wildman–Crippen LogP) is 8.33. The van der Waals surface area contributed by atoms with E-state index in [1.165, 1.54) is 0 Å². The first-order chi connectivity index (χ1) is 23.7. The molecule has 1 saturated carbocycles. The maximum Gasteiger partial charge on any atom is 0.118 e. The Morgan fingerprint density at radius 1 is 0.375 bits per heavy atom. The van der Waals surface area contributed by atoms with Crippen molar-refractivity contribution in [1.82, 2.24) is 0 Å². The van der Waals surface area contributed by atoms with Crippen LogP contribution in [0.3, 0.4) is 0 Å². The van der Waals surface area contributed by atoms with Crippen molar-refractivity contribution in [3.05, 3.63) is 173 Å². The van der Waals surface area contributed by atoms with Crippen LogP contribution in [0.5, 0.6) is 5.75 Å². The van der Waals surface area contributed by atoms with Crippen LogP contribution in [0.4, 0.5) is 0 Å². The summed E-state index contributed by atoms with van der Waals surface area (Å²) < 4.78 is 39.3. The van der Waals surface area contributed by atoms with Crippen LogP contribution in [0.15, 0.2) is 146 Å². The number of benzene rings is 5. The first kappa shape index (κ1) is 33.6. The Hall–Kier alpha value is -4.30. The van der Waals surface area contributed by atoms with E-state index in [0.717, 1.165) is 33.6 Å². The molecule has 6 rings (SSSR count). The van der Waals surface area contributed by atoms with Gasteiger partial charge in [0.05, 0.1) is 52.4 Å². The van der Waals surface area contributed by atoms with Crippen LogP contribution in [-0.2, 0) is 56.7 Å². The summed E-state index contributed by atoms with van der Waals surface area (Å²) in [6.45, 7) is 2.10. The van der Waals surface area contributed by atoms with Crippen LogP contribution in [0.1, 0.15) is 34.2 Å². The van der Waals surface area contributed by atoms with Gasteiger partial charge in [-0.25, -0.2) is 0 Å². The summed E-state index contributed by atoms with van der Waals surface area (Å²) in [4.78, 5) is 0. The number of hydrogen-bond acceptors (Lipinski definition) is 6. The topological polar surface area (TPSA) is 55.4 Å². The predicted molar refractivity (Wildman–Crippen MR) is 186 cm³/mol. The molecule has 6 heteroatoms. The molecule has 0 bridgehead atoms. The van der Waals surface area contributed by atoms with Crippen LogP contribution in [0, 0.1) is 0 Å². The van der Waals surface area contributed by atoms with E-state index in [0.29, 0.717) is 39.5 Å². The molecule has 0 saturated heterocycles. The first-order valence-electron chi connectivity index (χ1n) is 16.6. The molecule has 0 amide bonds. The first-order valence-corrected chi connectivity index (χ1v) is 16.6. The molecule has 0 unspecified atom stereocenters. The van der Waals surface area contributed by atoms with Crippen molar-refractivity contribution < 1.29 is 28.4 Å². The Morgan fingerprint density at radius 3 is 1.04 bits per heavy atom. The van der Waals surface area contributed by atoms with E-state index < -0.39 is 18.3 Å². The molecule has 0 heterocycles. The third-order valence-electron chi connectivity index (χ3n) is 8.63. The standard InChI is InChI=1S/C42H44O6/c1-43-37-24-22-36(23-25-37)28-45-39-26-38(44-27-32-14-6-2-7-15-32)40(46-29-33-16-8-3-9-17-33)42(48-31-35-20-12-5-13-21-35)41(39)47-30-34-18-10-4-11-19-34/h2-25,38-42H,26-31H2,1H3/t38-,39+,40+,41-,42-/m0/s1. The molecule has 5 atom stereocenters. The van der Waals surface area contributed by atoms with Gasteiger partial charge in [-0.3, -0.25) is 0 Å². The average molecular weight is 645 g/mol. The van der Waals surface area contributed by atoms with Crippen molar-refractivity contribution in [2.75, 3.05) is 7.11 Å². The summed E-state index contributed by atoms with van der Waals surface area (Å²) in [7, 11) is 1.67. The van der Waals surface area contributed by atoms with Crippen molar-refractivity contribution in [1.29, 1.82) is 0 Å². The van der Waals surface area contributed by atoms with Gasteiger partial charge in [-0.2, -0.15) is 0 Å². The van der Waals surface area contributed by atoms with Crippen LogP contribution in [0.2, 0.25) is 0 Å². The summed E-state index contributed by atoms with van der Waals surface area (Å²) in [5.74, 6) is 0.808. The second-order valence-corrected chi connectivity index (χ2v) is 12.1. The van der Waals surface area contributed by atoms with Crippen LogP contribution in [-0.4, -0.2) is 37.6 Å². The zero-order chi connectivity index (χ0) is 32.8. The van der Waals surface area contributed by atoms with E-state index in [-0.39, 0.29) is 12.2 Å². The summed E-state index contributed by atoms with van der Waals surface area (Å²) in [6, 6.07) is 48.8. The van der Waals surface area contributed by atoms with Crippen LogP contribution in [0.25, 0.3) is 0 Å². The molecule has 6 nitrogen and oxygen atoms in total. The Kier molecular flexibility index (Phi) is 12.4. The van der Waals surface area contributed by atoms with Crippen molar-refractivity contribution in [2.45, 2.75) is 70.0 Å². The molecular formula is C42H44O6. The van der Waals surface area contributed by atoms with Crippen molar-refractivity contribution in [3.63, 3.8) is 0 Å². The molecule has 5 aromatic rings. The number of ether oxygens (including phenoxy) is 6. The minimum Gasteiger partial charge on any atom is -0.497 e. The zero-order valence-electron chi connectivity index (χ0n) is 27.4. The van der Waals surface area contributed by atoms with E-state index >= 15 is 0 Å². The van der Waals surface area contributed by atoms with Gasteiger partial charge < -0.3 is 28.4 Å². The molecule has 5 aromatic carbocycles. The number of hydrogen-bond donors (Lipinski definition) is 0. The van der Waals surface area contributed by atoms with Gasteiger partial charge in [-0.15, -0.1) is 0 Å². The van der Waals surface area contributed by atoms with E-state index in [1.54, 1.807) is 7.11 Å². The Bertz CT molecular complexity index is 1600. The Labute approximate surface area is 284 Å². The molecule has 0 aromatic heterocycles. The van der Waals surface area contributed by atoms with Gasteiger partial charge in [0.25, 0.3) is 0 Å². The minimum atomic E-state index is -0.479. The van der Waals surface area contributed by atoms with Gasteiger partial charge in [0, 0.05) is 6.42 Å². The fourth-order valence-electron chi connectivity index (χ4n) is 6.03. The van der Waals surface area contributed by atoms with Crippen molar-refractivity contribution >= 4 is 0 Å². The fourth-order valence-corrected chi connectivity index (χ4v) is 6.03. The molecule has 0 aliphatic heterocycles. The summed E-state index contributed by atoms with van der Waals surface area (Å²) in [5.41, 5.74) is 5.38. The smallest absolute Gasteiger partial charge is 0.118 e. The van der Waals surface area contributed by atoms with E-state index in [9.17, 15) is 0 Å². The quantitative estimate of drug-likeness (QED) is 0.108. The van der Waals surface area contributed by atoms with Crippen LogP contribution >= 0.6 is 0 Å². The normalized spacial score (nSPS) is 20.7. The Morgan fingerprint density at radius 2 is 0.688 bits per heavy atom. The molecule has 48 heavy (non-hydrogen) atoms. The molecule has 248 valence electrons. The molecule has 0 N–H and O–H groups in total. The summed E-state index contributed by atoms with van der Waals surface area (Å²) in [6.07, 6.45) is -1.38. The highest BCUT2D eigenvalue weighted by molar-refractivity contribution is 5.27. The lowest BCUT2D eigenvalue weighted by atomic mass is 9.86. The van der Waals surface area contributed by atoms with Gasteiger partial charge >= 0.3 is 0 Å². The number of rotatable bonds is 16. The number of methoxy groups -OCH3 is 1. The molecule has 1 aliphatic carbocycles. The average Bonchev–Trinajstić information content (AvgIpc) is 3.16. The third-order valence-corrected chi connectivity index (χ3v) is 8.63. The van der Waals surface area contributed by atoms with E-state index in [4.69, 9.17) is 28.4 Å². The van der Waals surface area contributed by atoms with Crippen molar-refractivity contribution in [3.8, 4) is 5.75 Å². The van der Waals surface area contributed by atoms with Crippen LogP contribution < -0.4 is 4.74 Å². The lowest BCUT2D eigenvalue weighted by Crippen LogP contribution is -2.59. The second-order valence-electron chi connectivity index (χ2n) is 12.1. The maximum absolute atomic E-state index is 6.84. The van der Waals surface area contributed by atoms with Gasteiger partial charge in [0.1, 0.15) is 24.1 Å². The largest absolute Gasteiger partial charge is 0.497 e. The zero-order valence-corrected chi connectivity index (χ0v) is 27.4. The lowest BCUT2D eigenvalue weighted by Gasteiger charge is -2.46. The van der Waals surface area contributed by atoms with E-state index in [1.807, 2.05) is 97.1 Å². The molecule has 0 spiro atoms. The van der Waals surface area contributed by atoms with Crippen molar-refractivity contribution in [2.24, 2.45) is 0 Å². The SMILES string of the molecule is COc1ccc(CO[C@@H]2C[C@H](OCc3ccccc3)[C@@H](OCc3ccccc3)[C@H](OCc3ccccc3)[C@H]2OCc2ccccc2)cc1. The molecule has 1 fully saturated rings. The van der Waals surface area contributed by atoms with Gasteiger partial charge in [-0.05, 0) is 39.9 Å².